The van der Waals surface area contributed by atoms with Gasteiger partial charge in [0.25, 0.3) is 5.91 Å². The Morgan fingerprint density at radius 2 is 2.05 bits per heavy atom. The first kappa shape index (κ1) is 15.2. The lowest BCUT2D eigenvalue weighted by molar-refractivity contribution is 0.102. The first-order valence-electron chi connectivity index (χ1n) is 6.28. The maximum absolute atomic E-state index is 13.5. The van der Waals surface area contributed by atoms with Gasteiger partial charge in [0, 0.05) is 0 Å². The second-order valence-electron chi connectivity index (χ2n) is 4.64. The Hall–Kier alpha value is -1.69. The van der Waals surface area contributed by atoms with E-state index in [1.54, 1.807) is 0 Å². The molecule has 0 atom stereocenters. The van der Waals surface area contributed by atoms with Gasteiger partial charge in [0.05, 0.1) is 25.8 Å². The van der Waals surface area contributed by atoms with Gasteiger partial charge in [0.15, 0.2) is 5.13 Å². The fourth-order valence-corrected chi connectivity index (χ4v) is 3.41. The van der Waals surface area contributed by atoms with Crippen LogP contribution in [0.15, 0.2) is 30.3 Å². The summed E-state index contributed by atoms with van der Waals surface area (Å²) in [5, 5.41) is 3.02. The van der Waals surface area contributed by atoms with Crippen LogP contribution in [-0.4, -0.2) is 10.9 Å². The van der Waals surface area contributed by atoms with Crippen molar-refractivity contribution in [2.24, 2.45) is 0 Å². The smallest absolute Gasteiger partial charge is 0.259 e. The molecule has 0 saturated heterocycles. The number of carbonyl (C=O) groups excluding carboxylic acids is 1. The number of thiazole rings is 1. The quantitative estimate of drug-likeness (QED) is 0.634. The van der Waals surface area contributed by atoms with Crippen molar-refractivity contribution >= 4 is 55.8 Å². The topological polar surface area (TPSA) is 42.0 Å². The second-order valence-corrected chi connectivity index (χ2v) is 6.49. The van der Waals surface area contributed by atoms with Crippen molar-refractivity contribution in [1.29, 1.82) is 0 Å². The highest BCUT2D eigenvalue weighted by Gasteiger charge is 2.16. The van der Waals surface area contributed by atoms with Crippen molar-refractivity contribution in [2.45, 2.75) is 6.92 Å². The third-order valence-electron chi connectivity index (χ3n) is 3.10. The number of carbonyl (C=O) groups is 1. The minimum Gasteiger partial charge on any atom is -0.298 e. The average Bonchev–Trinajstić information content (AvgIpc) is 2.86. The van der Waals surface area contributed by atoms with Gasteiger partial charge in [0.1, 0.15) is 5.82 Å². The largest absolute Gasteiger partial charge is 0.298 e. The summed E-state index contributed by atoms with van der Waals surface area (Å²) in [6.07, 6.45) is 0. The van der Waals surface area contributed by atoms with Gasteiger partial charge in [0.2, 0.25) is 0 Å². The molecule has 1 N–H and O–H groups in total. The number of hydrogen-bond donors (Lipinski definition) is 1. The Balaban J connectivity index is 1.93. The van der Waals surface area contributed by atoms with Crippen LogP contribution in [-0.2, 0) is 0 Å². The maximum atomic E-state index is 13.5. The SMILES string of the molecule is Cc1cccc2sc(NC(=O)c3cc(F)c(Cl)cc3Cl)nc12. The highest BCUT2D eigenvalue weighted by molar-refractivity contribution is 7.22. The molecular weight excluding hydrogens is 346 g/mol. The van der Waals surface area contributed by atoms with E-state index < -0.39 is 11.7 Å². The van der Waals surface area contributed by atoms with E-state index in [1.165, 1.54) is 17.4 Å². The van der Waals surface area contributed by atoms with Crippen LogP contribution in [0.3, 0.4) is 0 Å². The van der Waals surface area contributed by atoms with Gasteiger partial charge < -0.3 is 0 Å². The summed E-state index contributed by atoms with van der Waals surface area (Å²) in [6, 6.07) is 8.00. The molecule has 3 aromatic rings. The number of benzene rings is 2. The first-order valence-corrected chi connectivity index (χ1v) is 7.85. The Morgan fingerprint density at radius 3 is 2.77 bits per heavy atom. The monoisotopic (exact) mass is 354 g/mol. The lowest BCUT2D eigenvalue weighted by Gasteiger charge is -2.05. The van der Waals surface area contributed by atoms with Crippen LogP contribution in [0.1, 0.15) is 15.9 Å². The Labute approximate surface area is 139 Å². The van der Waals surface area contributed by atoms with Crippen LogP contribution < -0.4 is 5.32 Å². The summed E-state index contributed by atoms with van der Waals surface area (Å²) in [5.41, 5.74) is 1.86. The van der Waals surface area contributed by atoms with Gasteiger partial charge in [-0.3, -0.25) is 10.1 Å². The van der Waals surface area contributed by atoms with Gasteiger partial charge in [-0.25, -0.2) is 9.37 Å². The van der Waals surface area contributed by atoms with Crippen molar-refractivity contribution < 1.29 is 9.18 Å². The summed E-state index contributed by atoms with van der Waals surface area (Å²) in [4.78, 5) is 16.6. The summed E-state index contributed by atoms with van der Waals surface area (Å²) >= 11 is 12.9. The fraction of sp³-hybridized carbons (Fsp3) is 0.0667. The number of para-hydroxylation sites is 1. The molecule has 112 valence electrons. The van der Waals surface area contributed by atoms with E-state index in [4.69, 9.17) is 23.2 Å². The molecule has 0 aliphatic rings. The number of amides is 1. The summed E-state index contributed by atoms with van der Waals surface area (Å²) in [6.45, 7) is 1.94. The number of nitrogens with one attached hydrogen (secondary N) is 1. The van der Waals surface area contributed by atoms with Gasteiger partial charge in [-0.15, -0.1) is 0 Å². The van der Waals surface area contributed by atoms with E-state index in [2.05, 4.69) is 10.3 Å². The molecule has 1 aromatic heterocycles. The number of rotatable bonds is 2. The Morgan fingerprint density at radius 1 is 1.27 bits per heavy atom. The van der Waals surface area contributed by atoms with Crippen molar-refractivity contribution in [1.82, 2.24) is 4.98 Å². The lowest BCUT2D eigenvalue weighted by atomic mass is 10.2. The van der Waals surface area contributed by atoms with Crippen molar-refractivity contribution in [3.63, 3.8) is 0 Å². The van der Waals surface area contributed by atoms with E-state index >= 15 is 0 Å². The molecular formula is C15H9Cl2FN2OS. The molecule has 0 unspecified atom stereocenters. The Kier molecular flexibility index (Phi) is 4.04. The maximum Gasteiger partial charge on any atom is 0.259 e. The average molecular weight is 355 g/mol. The molecule has 0 spiro atoms. The van der Waals surface area contributed by atoms with Crippen LogP contribution in [0.25, 0.3) is 10.2 Å². The molecule has 3 rings (SSSR count). The van der Waals surface area contributed by atoms with Crippen LogP contribution in [0, 0.1) is 12.7 Å². The normalized spacial score (nSPS) is 10.9. The van der Waals surface area contributed by atoms with Gasteiger partial charge in [-0.05, 0) is 30.7 Å². The van der Waals surface area contributed by atoms with E-state index in [0.717, 1.165) is 21.8 Å². The molecule has 3 nitrogen and oxygen atoms in total. The predicted octanol–water partition coefficient (Wildman–Crippen LogP) is 5.30. The third-order valence-corrected chi connectivity index (χ3v) is 4.63. The second kappa shape index (κ2) is 5.83. The zero-order chi connectivity index (χ0) is 15.9. The number of halogens is 3. The van der Waals surface area contributed by atoms with Gasteiger partial charge in [-0.1, -0.05) is 46.7 Å². The zero-order valence-electron chi connectivity index (χ0n) is 11.3. The minimum absolute atomic E-state index is 0.0135. The number of hydrogen-bond acceptors (Lipinski definition) is 3. The number of fused-ring (bicyclic) bond motifs is 1. The van der Waals surface area contributed by atoms with Crippen LogP contribution in [0.5, 0.6) is 0 Å². The molecule has 0 aliphatic heterocycles. The molecule has 0 fully saturated rings. The van der Waals surface area contributed by atoms with E-state index in [0.29, 0.717) is 5.13 Å². The summed E-state index contributed by atoms with van der Waals surface area (Å²) in [7, 11) is 0. The highest BCUT2D eigenvalue weighted by atomic mass is 35.5. The predicted molar refractivity (Wildman–Crippen MR) is 88.7 cm³/mol. The third kappa shape index (κ3) is 2.79. The van der Waals surface area contributed by atoms with E-state index in [-0.39, 0.29) is 15.6 Å². The standard InChI is InChI=1S/C15H9Cl2FN2OS/c1-7-3-2-4-12-13(7)19-15(22-12)20-14(21)8-5-11(18)10(17)6-9(8)16/h2-6H,1H3,(H,19,20,21). The summed E-state index contributed by atoms with van der Waals surface area (Å²) < 4.78 is 14.5. The number of nitrogens with zero attached hydrogens (tertiary/aromatic N) is 1. The van der Waals surface area contributed by atoms with Crippen LogP contribution >= 0.6 is 34.5 Å². The first-order chi connectivity index (χ1) is 10.5. The summed E-state index contributed by atoms with van der Waals surface area (Å²) in [5.74, 6) is -1.23. The molecule has 0 saturated carbocycles. The van der Waals surface area contributed by atoms with Crippen molar-refractivity contribution in [3.8, 4) is 0 Å². The highest BCUT2D eigenvalue weighted by Crippen LogP contribution is 2.29. The van der Waals surface area contributed by atoms with Crippen molar-refractivity contribution in [3.05, 3.63) is 57.3 Å². The van der Waals surface area contributed by atoms with Crippen LogP contribution in [0.4, 0.5) is 9.52 Å². The Bertz CT molecular complexity index is 895. The van der Waals surface area contributed by atoms with Crippen molar-refractivity contribution in [2.75, 3.05) is 5.32 Å². The minimum atomic E-state index is -0.698. The lowest BCUT2D eigenvalue weighted by Crippen LogP contribution is -2.12. The number of aryl methyl sites for hydroxylation is 1. The van der Waals surface area contributed by atoms with Gasteiger partial charge in [-0.2, -0.15) is 0 Å². The molecule has 1 amide bonds. The van der Waals surface area contributed by atoms with Crippen LogP contribution in [0.2, 0.25) is 10.0 Å². The molecule has 7 heteroatoms. The van der Waals surface area contributed by atoms with E-state index in [9.17, 15) is 9.18 Å². The molecule has 2 aromatic carbocycles. The van der Waals surface area contributed by atoms with Gasteiger partial charge >= 0.3 is 0 Å². The molecule has 22 heavy (non-hydrogen) atoms. The van der Waals surface area contributed by atoms with E-state index in [1.807, 2.05) is 25.1 Å². The number of anilines is 1. The molecule has 0 bridgehead atoms. The number of aromatic nitrogens is 1. The molecule has 1 heterocycles. The molecule has 0 radical (unpaired) electrons. The zero-order valence-corrected chi connectivity index (χ0v) is 13.6. The molecule has 0 aliphatic carbocycles. The fourth-order valence-electron chi connectivity index (χ4n) is 2.00.